The summed E-state index contributed by atoms with van der Waals surface area (Å²) in [6.45, 7) is 0. The normalized spacial score (nSPS) is 11.4. The molecule has 0 aliphatic rings. The summed E-state index contributed by atoms with van der Waals surface area (Å²) in [5.74, 6) is 0.437. The minimum atomic E-state index is -3.31. The van der Waals surface area contributed by atoms with E-state index < -0.39 is 9.84 Å². The Balaban J connectivity index is 1.77. The number of carbonyl (C=O) groups is 1. The van der Waals surface area contributed by atoms with Gasteiger partial charge in [0.15, 0.2) is 15.6 Å². The van der Waals surface area contributed by atoms with Crippen LogP contribution >= 0.6 is 11.6 Å². The molecule has 1 aromatic heterocycles. The van der Waals surface area contributed by atoms with E-state index in [4.69, 9.17) is 11.6 Å². The molecule has 0 amide bonds. The van der Waals surface area contributed by atoms with Gasteiger partial charge in [0, 0.05) is 35.1 Å². The number of rotatable bonds is 6. The molecule has 0 bridgehead atoms. The van der Waals surface area contributed by atoms with E-state index in [-0.39, 0.29) is 17.1 Å². The monoisotopic (exact) mass is 450 g/mol. The smallest absolute Gasteiger partial charge is 0.187 e. The maximum Gasteiger partial charge on any atom is 0.187 e. The Bertz CT molecular complexity index is 1330. The average molecular weight is 451 g/mol. The maximum atomic E-state index is 12.9. The summed E-state index contributed by atoms with van der Waals surface area (Å²) < 4.78 is 25.4. The zero-order valence-electron chi connectivity index (χ0n) is 16.7. The van der Waals surface area contributed by atoms with Crippen molar-refractivity contribution in [2.75, 3.05) is 6.26 Å². The van der Waals surface area contributed by atoms with Gasteiger partial charge in [-0.1, -0.05) is 41.9 Å². The largest absolute Gasteiger partial charge is 0.299 e. The molecule has 0 radical (unpaired) electrons. The van der Waals surface area contributed by atoms with E-state index in [0.29, 0.717) is 22.1 Å². The summed E-state index contributed by atoms with van der Waals surface area (Å²) in [4.78, 5) is 17.7. The molecule has 0 aliphatic heterocycles. The topological polar surface area (TPSA) is 69.0 Å². The first-order valence-corrected chi connectivity index (χ1v) is 11.8. The van der Waals surface area contributed by atoms with Crippen molar-refractivity contribution < 1.29 is 13.2 Å². The number of carbonyl (C=O) groups excluding carboxylic acids is 1. The molecule has 0 saturated carbocycles. The zero-order chi connectivity index (χ0) is 22.0. The lowest BCUT2D eigenvalue weighted by molar-refractivity contribution is 0.0988. The molecule has 0 N–H and O–H groups in total. The van der Waals surface area contributed by atoms with E-state index in [1.807, 2.05) is 47.0 Å². The number of Topliss-reactive ketones (excluding diaryl/α,β-unsaturated/α-hetero) is 1. The number of imidazole rings is 1. The molecular weight excluding hydrogens is 432 g/mol. The lowest BCUT2D eigenvalue weighted by atomic mass is 10.1. The third kappa shape index (κ3) is 4.76. The number of aromatic nitrogens is 2. The van der Waals surface area contributed by atoms with Crippen molar-refractivity contribution in [3.05, 3.63) is 101 Å². The molecule has 0 aliphatic carbocycles. The first-order chi connectivity index (χ1) is 14.8. The fraction of sp³-hybridized carbons (Fsp3) is 0.0833. The number of nitrogens with zero attached hydrogens (tertiary/aromatic N) is 2. The number of benzene rings is 3. The quantitative estimate of drug-likeness (QED) is 0.387. The number of halogens is 1. The predicted octanol–water partition coefficient (Wildman–Crippen LogP) is 5.02. The van der Waals surface area contributed by atoms with Gasteiger partial charge >= 0.3 is 0 Å². The Labute approximate surface area is 185 Å². The second-order valence-electron chi connectivity index (χ2n) is 7.18. The van der Waals surface area contributed by atoms with Crippen LogP contribution in [0.5, 0.6) is 0 Å². The summed E-state index contributed by atoms with van der Waals surface area (Å²) in [6, 6.07) is 23.2. The minimum Gasteiger partial charge on any atom is -0.299 e. The van der Waals surface area contributed by atoms with Crippen LogP contribution in [0.1, 0.15) is 16.1 Å². The molecule has 0 unspecified atom stereocenters. The van der Waals surface area contributed by atoms with Gasteiger partial charge in [-0.2, -0.15) is 0 Å². The van der Waals surface area contributed by atoms with Crippen LogP contribution in [0.4, 0.5) is 0 Å². The molecule has 4 aromatic rings. The summed E-state index contributed by atoms with van der Waals surface area (Å²) in [5.41, 5.74) is 2.73. The molecule has 0 spiro atoms. The van der Waals surface area contributed by atoms with Crippen LogP contribution in [-0.4, -0.2) is 30.0 Å². The molecule has 3 aromatic carbocycles. The summed E-state index contributed by atoms with van der Waals surface area (Å²) >= 11 is 6.03. The number of hydrogen-bond acceptors (Lipinski definition) is 4. The van der Waals surface area contributed by atoms with Crippen molar-refractivity contribution in [3.8, 4) is 17.1 Å². The molecule has 5 nitrogen and oxygen atoms in total. The standard InChI is InChI=1S/C24H19ClN2O3S/c1-31(29,30)21-13-7-18(8-14-21)24-26-22(23(28)15-17-5-3-2-4-6-17)16-27(24)20-11-9-19(25)10-12-20/h2-14,16H,15H2,1H3. The molecule has 7 heteroatoms. The van der Waals surface area contributed by atoms with Gasteiger partial charge in [0.2, 0.25) is 0 Å². The van der Waals surface area contributed by atoms with Crippen molar-refractivity contribution >= 4 is 27.2 Å². The minimum absolute atomic E-state index is 0.104. The highest BCUT2D eigenvalue weighted by Gasteiger charge is 2.18. The van der Waals surface area contributed by atoms with Crippen LogP contribution in [0, 0.1) is 0 Å². The molecule has 0 atom stereocenters. The Morgan fingerprint density at radius 3 is 2.19 bits per heavy atom. The second kappa shape index (κ2) is 8.49. The zero-order valence-corrected chi connectivity index (χ0v) is 18.3. The van der Waals surface area contributed by atoms with Crippen LogP contribution in [0.2, 0.25) is 5.02 Å². The fourth-order valence-electron chi connectivity index (χ4n) is 3.24. The van der Waals surface area contributed by atoms with Crippen molar-refractivity contribution in [2.24, 2.45) is 0 Å². The highest BCUT2D eigenvalue weighted by atomic mass is 35.5. The Kier molecular flexibility index (Phi) is 5.76. The Morgan fingerprint density at radius 2 is 1.58 bits per heavy atom. The molecule has 31 heavy (non-hydrogen) atoms. The van der Waals surface area contributed by atoms with Crippen molar-refractivity contribution in [2.45, 2.75) is 11.3 Å². The van der Waals surface area contributed by atoms with Gasteiger partial charge in [0.25, 0.3) is 0 Å². The summed E-state index contributed by atoms with van der Waals surface area (Å²) in [6.07, 6.45) is 3.11. The molecule has 4 rings (SSSR count). The van der Waals surface area contributed by atoms with Gasteiger partial charge < -0.3 is 0 Å². The molecule has 1 heterocycles. The van der Waals surface area contributed by atoms with E-state index in [1.165, 1.54) is 12.1 Å². The van der Waals surface area contributed by atoms with Crippen LogP contribution < -0.4 is 0 Å². The lowest BCUT2D eigenvalue weighted by Gasteiger charge is -2.08. The third-order valence-electron chi connectivity index (χ3n) is 4.84. The van der Waals surface area contributed by atoms with Gasteiger partial charge in [0.1, 0.15) is 11.5 Å². The fourth-order valence-corrected chi connectivity index (χ4v) is 4.00. The highest BCUT2D eigenvalue weighted by molar-refractivity contribution is 7.90. The summed E-state index contributed by atoms with van der Waals surface area (Å²) in [5, 5.41) is 0.600. The molecular formula is C24H19ClN2O3S. The van der Waals surface area contributed by atoms with Gasteiger partial charge in [-0.25, -0.2) is 13.4 Å². The van der Waals surface area contributed by atoms with Crippen LogP contribution in [0.25, 0.3) is 17.1 Å². The Morgan fingerprint density at radius 1 is 0.935 bits per heavy atom. The van der Waals surface area contributed by atoms with Crippen LogP contribution in [0.3, 0.4) is 0 Å². The van der Waals surface area contributed by atoms with Gasteiger partial charge in [-0.15, -0.1) is 0 Å². The highest BCUT2D eigenvalue weighted by Crippen LogP contribution is 2.26. The number of ketones is 1. The lowest BCUT2D eigenvalue weighted by Crippen LogP contribution is -2.03. The molecule has 0 fully saturated rings. The van der Waals surface area contributed by atoms with Crippen molar-refractivity contribution in [1.82, 2.24) is 9.55 Å². The SMILES string of the molecule is CS(=O)(=O)c1ccc(-c2nc(C(=O)Cc3ccccc3)cn2-c2ccc(Cl)cc2)cc1. The first-order valence-electron chi connectivity index (χ1n) is 9.54. The second-order valence-corrected chi connectivity index (χ2v) is 9.63. The van der Waals surface area contributed by atoms with Crippen LogP contribution in [0.15, 0.2) is 90.0 Å². The predicted molar refractivity (Wildman–Crippen MR) is 122 cm³/mol. The van der Waals surface area contributed by atoms with Gasteiger partial charge in [-0.3, -0.25) is 9.36 Å². The molecule has 0 saturated heterocycles. The van der Waals surface area contributed by atoms with Gasteiger partial charge in [0.05, 0.1) is 4.90 Å². The van der Waals surface area contributed by atoms with Crippen LogP contribution in [-0.2, 0) is 16.3 Å². The van der Waals surface area contributed by atoms with E-state index in [0.717, 1.165) is 17.5 Å². The van der Waals surface area contributed by atoms with E-state index in [1.54, 1.807) is 30.5 Å². The van der Waals surface area contributed by atoms with Gasteiger partial charge in [-0.05, 0) is 54.1 Å². The van der Waals surface area contributed by atoms with Crippen molar-refractivity contribution in [1.29, 1.82) is 0 Å². The summed E-state index contributed by atoms with van der Waals surface area (Å²) in [7, 11) is -3.31. The number of hydrogen-bond donors (Lipinski definition) is 0. The molecule has 156 valence electrons. The van der Waals surface area contributed by atoms with E-state index in [9.17, 15) is 13.2 Å². The third-order valence-corrected chi connectivity index (χ3v) is 6.23. The average Bonchev–Trinajstić information content (AvgIpc) is 3.20. The maximum absolute atomic E-state index is 12.9. The Hall–Kier alpha value is -3.22. The first kappa shape index (κ1) is 21.0. The van der Waals surface area contributed by atoms with Crippen molar-refractivity contribution in [3.63, 3.8) is 0 Å². The number of sulfone groups is 1. The van der Waals surface area contributed by atoms with E-state index >= 15 is 0 Å². The van der Waals surface area contributed by atoms with E-state index in [2.05, 4.69) is 4.98 Å².